The first-order valence-electron chi connectivity index (χ1n) is 4.01. The van der Waals surface area contributed by atoms with Gasteiger partial charge in [0.25, 0.3) is 0 Å². The highest BCUT2D eigenvalue weighted by atomic mass is 16.5. The maximum atomic E-state index is 5.61. The molecule has 4 nitrogen and oxygen atoms in total. The van der Waals surface area contributed by atoms with Crippen molar-refractivity contribution < 1.29 is 4.74 Å². The van der Waals surface area contributed by atoms with Crippen molar-refractivity contribution in [2.45, 2.75) is 12.8 Å². The van der Waals surface area contributed by atoms with Crippen LogP contribution in [0.3, 0.4) is 0 Å². The van der Waals surface area contributed by atoms with Crippen LogP contribution in [0.4, 0.5) is 5.82 Å². The molecular weight excluding hydrogens is 154 g/mol. The van der Waals surface area contributed by atoms with E-state index in [-0.39, 0.29) is 0 Å². The summed E-state index contributed by atoms with van der Waals surface area (Å²) in [6.45, 7) is 0.774. The Morgan fingerprint density at radius 2 is 2.42 bits per heavy atom. The number of anilines is 1. The van der Waals surface area contributed by atoms with E-state index in [4.69, 9.17) is 10.5 Å². The third kappa shape index (κ3) is 2.23. The van der Waals surface area contributed by atoms with E-state index >= 15 is 0 Å². The van der Waals surface area contributed by atoms with E-state index in [1.165, 1.54) is 0 Å². The van der Waals surface area contributed by atoms with Crippen molar-refractivity contribution in [3.8, 4) is 0 Å². The van der Waals surface area contributed by atoms with Crippen LogP contribution in [0.25, 0.3) is 0 Å². The van der Waals surface area contributed by atoms with Crippen molar-refractivity contribution in [3.63, 3.8) is 0 Å². The first-order valence-corrected chi connectivity index (χ1v) is 4.01. The highest BCUT2D eigenvalue weighted by molar-refractivity contribution is 5.30. The Balaban J connectivity index is 2.42. The predicted molar refractivity (Wildman–Crippen MR) is 47.8 cm³/mol. The minimum atomic E-state index is 0.711. The molecule has 1 heterocycles. The van der Waals surface area contributed by atoms with Crippen LogP contribution in [0.5, 0.6) is 0 Å². The van der Waals surface area contributed by atoms with Crippen molar-refractivity contribution >= 4 is 5.82 Å². The number of nitrogens with two attached hydrogens (primary N) is 1. The van der Waals surface area contributed by atoms with Crippen LogP contribution in [0.15, 0.2) is 6.07 Å². The second-order valence-corrected chi connectivity index (χ2v) is 2.78. The Bertz CT molecular complexity index is 225. The molecule has 4 heteroatoms. The lowest BCUT2D eigenvalue weighted by Gasteiger charge is -1.94. The quantitative estimate of drug-likeness (QED) is 0.671. The first-order chi connectivity index (χ1) is 5.74. The van der Waals surface area contributed by atoms with Crippen LogP contribution in [-0.2, 0) is 18.2 Å². The number of rotatable bonds is 4. The largest absolute Gasteiger partial charge is 0.385 e. The highest BCUT2D eigenvalue weighted by Gasteiger charge is 2.00. The lowest BCUT2D eigenvalue weighted by atomic mass is 10.2. The normalized spacial score (nSPS) is 10.5. The Morgan fingerprint density at radius 3 is 2.92 bits per heavy atom. The molecular formula is C8H15N3O. The fourth-order valence-corrected chi connectivity index (χ4v) is 1.06. The minimum absolute atomic E-state index is 0.711. The van der Waals surface area contributed by atoms with Crippen LogP contribution in [0.2, 0.25) is 0 Å². The number of aryl methyl sites for hydroxylation is 2. The molecule has 2 N–H and O–H groups in total. The van der Waals surface area contributed by atoms with Gasteiger partial charge in [-0.2, -0.15) is 5.10 Å². The molecule has 0 unspecified atom stereocenters. The zero-order chi connectivity index (χ0) is 8.97. The molecule has 0 radical (unpaired) electrons. The number of aromatic nitrogens is 2. The summed E-state index contributed by atoms with van der Waals surface area (Å²) in [6.07, 6.45) is 1.92. The number of hydrogen-bond donors (Lipinski definition) is 1. The van der Waals surface area contributed by atoms with Gasteiger partial charge in [0, 0.05) is 26.8 Å². The summed E-state index contributed by atoms with van der Waals surface area (Å²) in [6, 6.07) is 1.90. The molecule has 0 fully saturated rings. The van der Waals surface area contributed by atoms with E-state index < -0.39 is 0 Å². The molecule has 0 aliphatic heterocycles. The van der Waals surface area contributed by atoms with Gasteiger partial charge in [0.05, 0.1) is 5.69 Å². The molecule has 0 amide bonds. The van der Waals surface area contributed by atoms with Gasteiger partial charge in [0.2, 0.25) is 0 Å². The van der Waals surface area contributed by atoms with Crippen molar-refractivity contribution in [1.82, 2.24) is 9.78 Å². The van der Waals surface area contributed by atoms with Gasteiger partial charge in [-0.3, -0.25) is 4.68 Å². The lowest BCUT2D eigenvalue weighted by molar-refractivity contribution is 0.195. The fourth-order valence-electron chi connectivity index (χ4n) is 1.06. The van der Waals surface area contributed by atoms with E-state index in [1.54, 1.807) is 11.8 Å². The Morgan fingerprint density at radius 1 is 1.67 bits per heavy atom. The summed E-state index contributed by atoms with van der Waals surface area (Å²) in [5.41, 5.74) is 6.65. The van der Waals surface area contributed by atoms with Gasteiger partial charge in [-0.1, -0.05) is 0 Å². The summed E-state index contributed by atoms with van der Waals surface area (Å²) in [4.78, 5) is 0. The number of ether oxygens (including phenoxy) is 1. The van der Waals surface area contributed by atoms with E-state index in [9.17, 15) is 0 Å². The Kier molecular flexibility index (Phi) is 3.10. The van der Waals surface area contributed by atoms with Gasteiger partial charge in [0.1, 0.15) is 5.82 Å². The average molecular weight is 169 g/mol. The number of methoxy groups -OCH3 is 1. The monoisotopic (exact) mass is 169 g/mol. The predicted octanol–water partition coefficient (Wildman–Crippen LogP) is 0.581. The summed E-state index contributed by atoms with van der Waals surface area (Å²) in [7, 11) is 3.54. The second-order valence-electron chi connectivity index (χ2n) is 2.78. The zero-order valence-corrected chi connectivity index (χ0v) is 7.58. The topological polar surface area (TPSA) is 53.1 Å². The molecule has 0 saturated carbocycles. The van der Waals surface area contributed by atoms with Crippen LogP contribution >= 0.6 is 0 Å². The van der Waals surface area contributed by atoms with Crippen molar-refractivity contribution in [1.29, 1.82) is 0 Å². The van der Waals surface area contributed by atoms with Crippen LogP contribution in [0.1, 0.15) is 12.1 Å². The number of nitrogens with zero attached hydrogens (tertiary/aromatic N) is 2. The standard InChI is InChI=1S/C8H15N3O/c1-11-8(9)6-7(10-11)4-3-5-12-2/h6H,3-5,9H2,1-2H3. The summed E-state index contributed by atoms with van der Waals surface area (Å²) in [5.74, 6) is 0.711. The summed E-state index contributed by atoms with van der Waals surface area (Å²) < 4.78 is 6.62. The molecule has 0 atom stereocenters. The van der Waals surface area contributed by atoms with Crippen molar-refractivity contribution in [3.05, 3.63) is 11.8 Å². The van der Waals surface area contributed by atoms with Gasteiger partial charge in [0.15, 0.2) is 0 Å². The van der Waals surface area contributed by atoms with Gasteiger partial charge in [-0.15, -0.1) is 0 Å². The van der Waals surface area contributed by atoms with Gasteiger partial charge >= 0.3 is 0 Å². The van der Waals surface area contributed by atoms with Crippen molar-refractivity contribution in [2.75, 3.05) is 19.5 Å². The molecule has 0 aromatic carbocycles. The van der Waals surface area contributed by atoms with E-state index in [1.807, 2.05) is 13.1 Å². The third-order valence-electron chi connectivity index (χ3n) is 1.75. The second kappa shape index (κ2) is 4.11. The molecule has 1 rings (SSSR count). The molecule has 1 aromatic heterocycles. The Hall–Kier alpha value is -1.03. The zero-order valence-electron chi connectivity index (χ0n) is 7.58. The summed E-state index contributed by atoms with van der Waals surface area (Å²) in [5, 5.41) is 4.22. The molecule has 0 spiro atoms. The average Bonchev–Trinajstić information content (AvgIpc) is 2.32. The highest BCUT2D eigenvalue weighted by Crippen LogP contribution is 2.06. The summed E-state index contributed by atoms with van der Waals surface area (Å²) >= 11 is 0. The fraction of sp³-hybridized carbons (Fsp3) is 0.625. The lowest BCUT2D eigenvalue weighted by Crippen LogP contribution is -1.97. The molecule has 12 heavy (non-hydrogen) atoms. The molecule has 0 saturated heterocycles. The molecule has 0 bridgehead atoms. The SMILES string of the molecule is COCCCc1cc(N)n(C)n1. The van der Waals surface area contributed by atoms with E-state index in [0.717, 1.165) is 25.1 Å². The molecule has 0 aliphatic carbocycles. The van der Waals surface area contributed by atoms with Crippen LogP contribution < -0.4 is 5.73 Å². The number of nitrogen functional groups attached to an aromatic ring is 1. The Labute approximate surface area is 72.3 Å². The van der Waals surface area contributed by atoms with Crippen LogP contribution in [0, 0.1) is 0 Å². The van der Waals surface area contributed by atoms with E-state index in [2.05, 4.69) is 5.10 Å². The maximum Gasteiger partial charge on any atom is 0.121 e. The first kappa shape index (κ1) is 9.06. The van der Waals surface area contributed by atoms with Gasteiger partial charge in [-0.25, -0.2) is 0 Å². The van der Waals surface area contributed by atoms with E-state index in [0.29, 0.717) is 5.82 Å². The van der Waals surface area contributed by atoms with Gasteiger partial charge < -0.3 is 10.5 Å². The number of hydrogen-bond acceptors (Lipinski definition) is 3. The molecule has 0 aliphatic rings. The smallest absolute Gasteiger partial charge is 0.121 e. The molecule has 68 valence electrons. The minimum Gasteiger partial charge on any atom is -0.385 e. The van der Waals surface area contributed by atoms with Crippen molar-refractivity contribution in [2.24, 2.45) is 7.05 Å². The van der Waals surface area contributed by atoms with Gasteiger partial charge in [-0.05, 0) is 12.8 Å². The third-order valence-corrected chi connectivity index (χ3v) is 1.75. The maximum absolute atomic E-state index is 5.61. The van der Waals surface area contributed by atoms with Crippen LogP contribution in [-0.4, -0.2) is 23.5 Å². The molecule has 1 aromatic rings.